The quantitative estimate of drug-likeness (QED) is 0.833. The summed E-state index contributed by atoms with van der Waals surface area (Å²) in [5.74, 6) is 0.0416. The van der Waals surface area contributed by atoms with Gasteiger partial charge < -0.3 is 9.80 Å². The average Bonchev–Trinajstić information content (AvgIpc) is 2.93. The Morgan fingerprint density at radius 2 is 1.46 bits per heavy atom. The lowest BCUT2D eigenvalue weighted by molar-refractivity contribution is -0.132. The van der Waals surface area contributed by atoms with E-state index in [0.29, 0.717) is 5.56 Å². The summed E-state index contributed by atoms with van der Waals surface area (Å²) in [4.78, 5) is 29.9. The van der Waals surface area contributed by atoms with Gasteiger partial charge in [0.15, 0.2) is 0 Å². The summed E-state index contributed by atoms with van der Waals surface area (Å²) in [5.41, 5.74) is 1.69. The Bertz CT molecular complexity index is 773. The second kappa shape index (κ2) is 7.32. The van der Waals surface area contributed by atoms with Crippen molar-refractivity contribution < 1.29 is 9.59 Å². The predicted molar refractivity (Wildman–Crippen MR) is 102 cm³/mol. The molecule has 0 bridgehead atoms. The van der Waals surface area contributed by atoms with Crippen molar-refractivity contribution in [1.82, 2.24) is 9.80 Å². The van der Waals surface area contributed by atoms with Crippen molar-refractivity contribution in [3.05, 3.63) is 71.8 Å². The Labute approximate surface area is 155 Å². The van der Waals surface area contributed by atoms with E-state index in [0.717, 1.165) is 5.56 Å². The van der Waals surface area contributed by atoms with Gasteiger partial charge in [-0.2, -0.15) is 0 Å². The molecule has 0 radical (unpaired) electrons. The minimum atomic E-state index is -0.471. The molecule has 0 unspecified atom stereocenters. The fourth-order valence-electron chi connectivity index (χ4n) is 3.81. The summed E-state index contributed by atoms with van der Waals surface area (Å²) in [6, 6.07) is 18.6. The van der Waals surface area contributed by atoms with Gasteiger partial charge in [0.05, 0.1) is 6.04 Å². The number of hydrogen-bond acceptors (Lipinski definition) is 2. The van der Waals surface area contributed by atoms with Crippen LogP contribution >= 0.6 is 0 Å². The van der Waals surface area contributed by atoms with Crippen LogP contribution in [-0.4, -0.2) is 33.8 Å². The van der Waals surface area contributed by atoms with Crippen molar-refractivity contribution >= 4 is 11.8 Å². The van der Waals surface area contributed by atoms with E-state index in [4.69, 9.17) is 0 Å². The molecule has 136 valence electrons. The van der Waals surface area contributed by atoms with Crippen LogP contribution in [0.5, 0.6) is 0 Å². The highest BCUT2D eigenvalue weighted by Crippen LogP contribution is 2.35. The molecule has 0 N–H and O–H groups in total. The van der Waals surface area contributed by atoms with Gasteiger partial charge >= 0.3 is 0 Å². The molecule has 1 aliphatic heterocycles. The molecule has 2 aromatic rings. The number of nitrogens with zero attached hydrogens (tertiary/aromatic N) is 2. The van der Waals surface area contributed by atoms with E-state index in [1.165, 1.54) is 0 Å². The van der Waals surface area contributed by atoms with Crippen LogP contribution in [0.4, 0.5) is 0 Å². The topological polar surface area (TPSA) is 40.6 Å². The Morgan fingerprint density at radius 1 is 0.923 bits per heavy atom. The molecular weight excluding hydrogens is 324 g/mol. The monoisotopic (exact) mass is 350 g/mol. The van der Waals surface area contributed by atoms with Gasteiger partial charge in [-0.1, -0.05) is 62.4 Å². The smallest absolute Gasteiger partial charge is 0.256 e. The molecule has 4 heteroatoms. The summed E-state index contributed by atoms with van der Waals surface area (Å²) < 4.78 is 0. The lowest BCUT2D eigenvalue weighted by Gasteiger charge is -2.37. The second-order valence-electron chi connectivity index (χ2n) is 7.24. The van der Waals surface area contributed by atoms with Crippen molar-refractivity contribution in [3.8, 4) is 0 Å². The molecule has 0 aliphatic carbocycles. The maximum absolute atomic E-state index is 13.2. The largest absolute Gasteiger partial charge is 0.313 e. The van der Waals surface area contributed by atoms with Crippen LogP contribution in [0.25, 0.3) is 0 Å². The number of rotatable bonds is 4. The molecule has 0 saturated carbocycles. The van der Waals surface area contributed by atoms with Gasteiger partial charge in [-0.15, -0.1) is 0 Å². The van der Waals surface area contributed by atoms with Gasteiger partial charge in [0, 0.05) is 5.56 Å². The number of carbonyl (C=O) groups is 2. The van der Waals surface area contributed by atoms with Crippen LogP contribution in [0.1, 0.15) is 49.7 Å². The highest BCUT2D eigenvalue weighted by atomic mass is 16.2. The molecule has 0 spiro atoms. The van der Waals surface area contributed by atoms with Crippen LogP contribution < -0.4 is 0 Å². The first-order valence-corrected chi connectivity index (χ1v) is 9.18. The average molecular weight is 350 g/mol. The Hall–Kier alpha value is -2.62. The molecule has 1 aliphatic rings. The van der Waals surface area contributed by atoms with Crippen molar-refractivity contribution in [2.24, 2.45) is 5.92 Å². The molecule has 26 heavy (non-hydrogen) atoms. The molecule has 2 amide bonds. The molecular formula is C22H26N2O2. The lowest BCUT2D eigenvalue weighted by atomic mass is 10.0. The standard InChI is InChI=1S/C22H26N2O2/c1-15(2)20-23(16(3)18-11-7-5-8-12-18)21(25)17(4)24(20)22(26)19-13-9-6-10-14-19/h5-17,20H,1-4H3/t16-,17+,20-/m0/s1. The second-order valence-corrected chi connectivity index (χ2v) is 7.24. The third-order valence-corrected chi connectivity index (χ3v) is 5.15. The summed E-state index contributed by atoms with van der Waals surface area (Å²) in [7, 11) is 0. The van der Waals surface area contributed by atoms with Gasteiger partial charge in [-0.25, -0.2) is 0 Å². The van der Waals surface area contributed by atoms with Gasteiger partial charge in [-0.05, 0) is 37.5 Å². The summed E-state index contributed by atoms with van der Waals surface area (Å²) in [6.07, 6.45) is -0.264. The summed E-state index contributed by atoms with van der Waals surface area (Å²) in [5, 5.41) is 0. The van der Waals surface area contributed by atoms with E-state index in [2.05, 4.69) is 13.8 Å². The first kappa shape index (κ1) is 18.2. The van der Waals surface area contributed by atoms with Crippen molar-refractivity contribution in [2.75, 3.05) is 0 Å². The zero-order valence-electron chi connectivity index (χ0n) is 15.8. The third-order valence-electron chi connectivity index (χ3n) is 5.15. The highest BCUT2D eigenvalue weighted by Gasteiger charge is 2.49. The highest BCUT2D eigenvalue weighted by molar-refractivity contribution is 5.99. The summed E-state index contributed by atoms with van der Waals surface area (Å²) >= 11 is 0. The summed E-state index contributed by atoms with van der Waals surface area (Å²) in [6.45, 7) is 7.99. The fourth-order valence-corrected chi connectivity index (χ4v) is 3.81. The molecule has 2 aromatic carbocycles. The van der Waals surface area contributed by atoms with Gasteiger partial charge in [-0.3, -0.25) is 9.59 Å². The van der Waals surface area contributed by atoms with E-state index < -0.39 is 6.04 Å². The van der Waals surface area contributed by atoms with E-state index in [1.54, 1.807) is 17.0 Å². The molecule has 3 atom stereocenters. The van der Waals surface area contributed by atoms with Crippen molar-refractivity contribution in [1.29, 1.82) is 0 Å². The first-order valence-electron chi connectivity index (χ1n) is 9.18. The molecule has 1 fully saturated rings. The first-order chi connectivity index (χ1) is 12.4. The molecule has 1 heterocycles. The van der Waals surface area contributed by atoms with Crippen molar-refractivity contribution in [3.63, 3.8) is 0 Å². The van der Waals surface area contributed by atoms with Crippen LogP contribution in [-0.2, 0) is 4.79 Å². The number of hydrogen-bond donors (Lipinski definition) is 0. The van der Waals surface area contributed by atoms with E-state index >= 15 is 0 Å². The SMILES string of the molecule is CC(C)[C@@H]1N(C(=O)c2ccccc2)[C@H](C)C(=O)N1[C@@H](C)c1ccccc1. The Kier molecular flexibility index (Phi) is 5.12. The third kappa shape index (κ3) is 3.12. The van der Waals surface area contributed by atoms with Crippen LogP contribution in [0.15, 0.2) is 60.7 Å². The Morgan fingerprint density at radius 3 is 2.00 bits per heavy atom. The number of carbonyl (C=O) groups excluding carboxylic acids is 2. The van der Waals surface area contributed by atoms with Crippen LogP contribution in [0.3, 0.4) is 0 Å². The zero-order valence-corrected chi connectivity index (χ0v) is 15.8. The maximum Gasteiger partial charge on any atom is 0.256 e. The molecule has 0 aromatic heterocycles. The van der Waals surface area contributed by atoms with E-state index in [1.807, 2.05) is 67.3 Å². The molecule has 3 rings (SSSR count). The fraction of sp³-hybridized carbons (Fsp3) is 0.364. The zero-order chi connectivity index (χ0) is 18.8. The van der Waals surface area contributed by atoms with Gasteiger partial charge in [0.1, 0.15) is 12.2 Å². The normalized spacial score (nSPS) is 21.3. The maximum atomic E-state index is 13.2. The molecule has 4 nitrogen and oxygen atoms in total. The van der Waals surface area contributed by atoms with Crippen LogP contribution in [0, 0.1) is 5.92 Å². The van der Waals surface area contributed by atoms with Gasteiger partial charge in [0.2, 0.25) is 5.91 Å². The predicted octanol–water partition coefficient (Wildman–Crippen LogP) is 4.10. The minimum absolute atomic E-state index is 0.00401. The Balaban J connectivity index is 1.99. The van der Waals surface area contributed by atoms with Crippen LogP contribution in [0.2, 0.25) is 0 Å². The molecule has 1 saturated heterocycles. The minimum Gasteiger partial charge on any atom is -0.313 e. The number of amides is 2. The van der Waals surface area contributed by atoms with Gasteiger partial charge in [0.25, 0.3) is 5.91 Å². The van der Waals surface area contributed by atoms with E-state index in [9.17, 15) is 9.59 Å². The van der Waals surface area contributed by atoms with Crippen molar-refractivity contribution in [2.45, 2.75) is 45.9 Å². The number of benzene rings is 2. The lowest BCUT2D eigenvalue weighted by Crippen LogP contribution is -2.47. The van der Waals surface area contributed by atoms with E-state index in [-0.39, 0.29) is 29.9 Å².